The number of nitrogens with one attached hydrogen (secondary N) is 1. The number of carbonyl (C=O) groups is 6. The summed E-state index contributed by atoms with van der Waals surface area (Å²) >= 11 is 27.9. The molecule has 9 heterocycles. The van der Waals surface area contributed by atoms with Crippen LogP contribution in [0.1, 0.15) is 116 Å². The summed E-state index contributed by atoms with van der Waals surface area (Å²) in [6.45, 7) is 8.46. The van der Waals surface area contributed by atoms with E-state index in [-0.39, 0.29) is 65.3 Å². The Morgan fingerprint density at radius 2 is 0.726 bits per heavy atom. The molecule has 0 aliphatic carbocycles. The molecule has 25 nitrogen and oxygen atoms in total. The first kappa shape index (κ1) is 76.5. The molecule has 0 spiro atoms. The number of hydrogen-bond donors (Lipinski definition) is 2. The number of fused-ring (bicyclic) bond motifs is 9. The Morgan fingerprint density at radius 3 is 1.06 bits per heavy atom. The average molecular weight is 1700 g/mol. The summed E-state index contributed by atoms with van der Waals surface area (Å²) in [6.07, 6.45) is 2.14. The summed E-state index contributed by atoms with van der Waals surface area (Å²) in [5, 5.41) is 13.1. The van der Waals surface area contributed by atoms with Crippen molar-refractivity contribution >= 4 is 118 Å². The number of hydrogen-bond acceptors (Lipinski definition) is 13. The van der Waals surface area contributed by atoms with Crippen molar-refractivity contribution in [3.63, 3.8) is 0 Å². The molecule has 0 unspecified atom stereocenters. The molecule has 0 saturated carbocycles. The monoisotopic (exact) mass is 1690 g/mol. The molecule has 6 aliphatic rings. The van der Waals surface area contributed by atoms with Gasteiger partial charge in [0.25, 0.3) is 29.5 Å². The number of imidazole rings is 3. The van der Waals surface area contributed by atoms with Gasteiger partial charge in [0.05, 0.1) is 72.1 Å². The summed E-state index contributed by atoms with van der Waals surface area (Å²) in [6, 6.07) is 37.6. The van der Waals surface area contributed by atoms with Gasteiger partial charge in [-0.05, 0) is 175 Å². The van der Waals surface area contributed by atoms with Gasteiger partial charge in [0.15, 0.2) is 0 Å². The fourth-order valence-electron chi connectivity index (χ4n) is 13.7. The van der Waals surface area contributed by atoms with Gasteiger partial charge in [-0.2, -0.15) is 0 Å². The molecule has 106 heavy (non-hydrogen) atoms. The first-order valence-electron chi connectivity index (χ1n) is 34.1. The van der Waals surface area contributed by atoms with Crippen LogP contribution in [0.5, 0.6) is 17.2 Å². The van der Waals surface area contributed by atoms with Crippen LogP contribution in [0.25, 0.3) is 0 Å². The lowest BCUT2D eigenvalue weighted by Crippen LogP contribution is -2.41. The van der Waals surface area contributed by atoms with Crippen LogP contribution in [0.4, 0.5) is 0 Å². The number of methoxy groups -OCH3 is 3. The molecule has 3 aromatic heterocycles. The number of aromatic carboxylic acids is 1. The number of aromatic nitrogens is 6. The van der Waals surface area contributed by atoms with Gasteiger partial charge in [-0.25, -0.2) is 19.2 Å². The van der Waals surface area contributed by atoms with Crippen molar-refractivity contribution in [2.45, 2.75) is 97.8 Å². The van der Waals surface area contributed by atoms with Crippen molar-refractivity contribution in [1.29, 1.82) is 0 Å². The highest BCUT2D eigenvalue weighted by Crippen LogP contribution is 2.31. The maximum absolute atomic E-state index is 13.7. The van der Waals surface area contributed by atoms with E-state index in [0.717, 1.165) is 52.6 Å². The fraction of sp³-hybridized carbons (Fsp3) is 0.320. The van der Waals surface area contributed by atoms with E-state index in [1.165, 1.54) is 12.1 Å². The molecular formula is C75H74Br3Cl3N12O13. The number of carboxylic acid groups (broad SMARTS) is 1. The van der Waals surface area contributed by atoms with Crippen LogP contribution in [-0.4, -0.2) is 153 Å². The number of carbonyl (C=O) groups excluding carboxylic acids is 5. The van der Waals surface area contributed by atoms with Crippen LogP contribution in [0.3, 0.4) is 0 Å². The number of rotatable bonds is 12. The highest BCUT2D eigenvalue weighted by molar-refractivity contribution is 9.11. The molecule has 6 aromatic carbocycles. The highest BCUT2D eigenvalue weighted by Gasteiger charge is 2.38. The van der Waals surface area contributed by atoms with Crippen LogP contribution < -0.4 is 36.6 Å². The van der Waals surface area contributed by atoms with Crippen molar-refractivity contribution in [3.8, 4) is 17.2 Å². The van der Waals surface area contributed by atoms with Crippen molar-refractivity contribution < 1.29 is 48.1 Å². The number of amides is 5. The summed E-state index contributed by atoms with van der Waals surface area (Å²) in [5.41, 5.74) is 7.03. The molecule has 2 N–H and O–H groups in total. The third-order valence-corrected chi connectivity index (χ3v) is 22.9. The van der Waals surface area contributed by atoms with E-state index in [1.54, 1.807) is 111 Å². The predicted octanol–water partition coefficient (Wildman–Crippen LogP) is 11.2. The lowest BCUT2D eigenvalue weighted by atomic mass is 10.1. The van der Waals surface area contributed by atoms with Gasteiger partial charge in [0.2, 0.25) is 0 Å². The molecule has 0 saturated heterocycles. The summed E-state index contributed by atoms with van der Waals surface area (Å²) in [5.74, 6) is 0.527. The van der Waals surface area contributed by atoms with E-state index >= 15 is 0 Å². The minimum Gasteiger partial charge on any atom is -0.497 e. The summed E-state index contributed by atoms with van der Waals surface area (Å²) < 4.78 is 27.6. The molecule has 5 amide bonds. The van der Waals surface area contributed by atoms with Crippen molar-refractivity contribution in [2.24, 2.45) is 0 Å². The van der Waals surface area contributed by atoms with Gasteiger partial charge < -0.3 is 49.1 Å². The molecule has 0 fully saturated rings. The Hall–Kier alpha value is -9.16. The molecule has 9 aromatic rings. The Morgan fingerprint density at radius 1 is 0.406 bits per heavy atom. The zero-order valence-electron chi connectivity index (χ0n) is 58.0. The number of nitrogens with zero attached hydrogens (tertiary/aromatic N) is 11. The average Bonchev–Trinajstić information content (AvgIpc) is 1.61. The zero-order valence-corrected chi connectivity index (χ0v) is 65.0. The van der Waals surface area contributed by atoms with Crippen molar-refractivity contribution in [2.75, 3.05) is 60.6 Å². The van der Waals surface area contributed by atoms with Crippen LogP contribution in [0.2, 0.25) is 15.1 Å². The molecule has 0 bridgehead atoms. The Kier molecular flexibility index (Phi) is 24.3. The van der Waals surface area contributed by atoms with Gasteiger partial charge in [-0.1, -0.05) is 71.2 Å². The maximum Gasteiger partial charge on any atom is 0.335 e. The van der Waals surface area contributed by atoms with Gasteiger partial charge in [0, 0.05) is 129 Å². The topological polar surface area (TPSA) is 259 Å². The Balaban J connectivity index is 0.000000140. The minimum absolute atomic E-state index is 0.0499. The number of ether oxygens (including phenoxy) is 3. The zero-order chi connectivity index (χ0) is 75.2. The molecule has 554 valence electrons. The normalized spacial score (nSPS) is 15.2. The lowest BCUT2D eigenvalue weighted by molar-refractivity contribution is 0.0689. The van der Waals surface area contributed by atoms with E-state index in [1.807, 2.05) is 77.7 Å². The van der Waals surface area contributed by atoms with Gasteiger partial charge in [-0.15, -0.1) is 0 Å². The van der Waals surface area contributed by atoms with Crippen LogP contribution >= 0.6 is 82.6 Å². The van der Waals surface area contributed by atoms with Crippen LogP contribution in [0.15, 0.2) is 155 Å². The second kappa shape index (κ2) is 33.7. The van der Waals surface area contributed by atoms with E-state index < -0.39 is 5.97 Å². The van der Waals surface area contributed by atoms with Crippen LogP contribution in [-0.2, 0) is 78.5 Å². The van der Waals surface area contributed by atoms with Gasteiger partial charge in [-0.3, -0.25) is 51.4 Å². The maximum atomic E-state index is 13.7. The summed E-state index contributed by atoms with van der Waals surface area (Å²) in [7, 11) is 4.86. The van der Waals surface area contributed by atoms with Crippen LogP contribution in [0, 0.1) is 0 Å². The Bertz CT molecular complexity index is 4840. The Labute approximate surface area is 649 Å². The lowest BCUT2D eigenvalue weighted by Gasteiger charge is -2.29. The molecule has 0 radical (unpaired) electrons. The molecule has 15 rings (SSSR count). The van der Waals surface area contributed by atoms with E-state index in [9.17, 15) is 43.2 Å². The minimum atomic E-state index is -0.973. The molecule has 0 atom stereocenters. The van der Waals surface area contributed by atoms with Crippen molar-refractivity contribution in [1.82, 2.24) is 57.2 Å². The SMILES string of the molecule is COc1ccc(CN2CCCn3c(c4n(c3=O)CCN(C(=O)c3ccc(Br)c(Cl)c3)C4)C2=O)cc1.COc1ccc(CN2CCCn3c(c4n(c3=O)CCN(C(=O)c3ccc(Br)c(Cl)c3)C4)C2=O)cc1.COc1ccc(CN2CCCn3c(c4n(c3=O)CCNC4)C2=O)cc1.O=C(O)c1ccc(Br)c(Cl)c1. The molecule has 31 heteroatoms. The predicted molar refractivity (Wildman–Crippen MR) is 409 cm³/mol. The fourth-order valence-corrected chi connectivity index (χ4v) is 15.0. The smallest absolute Gasteiger partial charge is 0.335 e. The first-order valence-corrected chi connectivity index (χ1v) is 37.7. The second-order valence-electron chi connectivity index (χ2n) is 25.8. The standard InChI is InChI=1S/2C25H24BrClN4O4.C18H22N4O3.C7H4BrClO2/c2*1-35-18-6-3-16(4-7-18)14-28-9-2-10-31-22(24(28)33)21-15-29(11-12-30(21)25(31)34)23(32)17-5-8-19(26)20(27)13-17;1-25-14-5-3-13(4-6-14)12-20-8-2-9-22-16(17(20)23)15-11-19-7-10-21(15)18(22)24;8-5-2-1-4(7(10)11)3-6(5)9/h2*3-8,13H,2,9-12,14-15H2,1H3;3-6,19H,2,7-12H2,1H3;1-3H,(H,10,11). The van der Waals surface area contributed by atoms with Gasteiger partial charge in [0.1, 0.15) is 34.3 Å². The third-order valence-electron chi connectivity index (χ3n) is 19.2. The number of halogens is 6. The largest absolute Gasteiger partial charge is 0.497 e. The molecule has 6 aliphatic heterocycles. The quantitative estimate of drug-likeness (QED) is 0.115. The van der Waals surface area contributed by atoms with Crippen molar-refractivity contribution in [3.05, 3.63) is 255 Å². The first-order chi connectivity index (χ1) is 51.0. The van der Waals surface area contributed by atoms with Gasteiger partial charge >= 0.3 is 23.0 Å². The summed E-state index contributed by atoms with van der Waals surface area (Å²) in [4.78, 5) is 125. The highest BCUT2D eigenvalue weighted by atomic mass is 79.9. The number of benzene rings is 6. The van der Waals surface area contributed by atoms with E-state index in [0.29, 0.717) is 179 Å². The third kappa shape index (κ3) is 16.5. The second-order valence-corrected chi connectivity index (χ2v) is 29.5. The number of carboxylic acids is 1. The van der Waals surface area contributed by atoms with E-state index in [4.69, 9.17) is 54.1 Å². The van der Waals surface area contributed by atoms with E-state index in [2.05, 4.69) is 53.1 Å². The molecular weight excluding hydrogens is 1620 g/mol.